The van der Waals surface area contributed by atoms with Gasteiger partial charge in [-0.15, -0.1) is 0 Å². The normalized spacial score (nSPS) is 12.6. The van der Waals surface area contributed by atoms with E-state index in [0.29, 0.717) is 5.71 Å². The van der Waals surface area contributed by atoms with Gasteiger partial charge in [-0.25, -0.2) is 4.98 Å². The van der Waals surface area contributed by atoms with Crippen molar-refractivity contribution in [3.05, 3.63) is 53.2 Å². The molecule has 1 atom stereocenters. The summed E-state index contributed by atoms with van der Waals surface area (Å²) in [5.74, 6) is 2.60. The standard InChI is InChI=1S/C17H18N2O2/c1-10-9-15-16(18-12(3)19-17(15)21-10)11(2)13-5-7-14(20-4)8-6-13/h5-9,11H,1-4H3. The van der Waals surface area contributed by atoms with E-state index in [1.807, 2.05) is 32.0 Å². The lowest BCUT2D eigenvalue weighted by Crippen LogP contribution is -2.02. The van der Waals surface area contributed by atoms with Crippen LogP contribution >= 0.6 is 0 Å². The average Bonchev–Trinajstić information content (AvgIpc) is 2.85. The molecule has 0 saturated heterocycles. The Morgan fingerprint density at radius 2 is 1.81 bits per heavy atom. The Hall–Kier alpha value is -2.36. The maximum atomic E-state index is 5.64. The lowest BCUT2D eigenvalue weighted by molar-refractivity contribution is 0.414. The van der Waals surface area contributed by atoms with Crippen LogP contribution in [0.5, 0.6) is 5.75 Å². The molecule has 0 radical (unpaired) electrons. The third kappa shape index (κ3) is 2.49. The largest absolute Gasteiger partial charge is 0.497 e. The van der Waals surface area contributed by atoms with Crippen molar-refractivity contribution in [2.75, 3.05) is 7.11 Å². The second-order valence-corrected chi connectivity index (χ2v) is 5.23. The number of ether oxygens (including phenoxy) is 1. The van der Waals surface area contributed by atoms with E-state index in [1.54, 1.807) is 7.11 Å². The number of rotatable bonds is 3. The zero-order chi connectivity index (χ0) is 15.0. The summed E-state index contributed by atoms with van der Waals surface area (Å²) < 4.78 is 10.8. The maximum absolute atomic E-state index is 5.64. The third-order valence-electron chi connectivity index (χ3n) is 3.68. The van der Waals surface area contributed by atoms with Crippen molar-refractivity contribution in [3.8, 4) is 5.75 Å². The van der Waals surface area contributed by atoms with Gasteiger partial charge in [-0.05, 0) is 37.6 Å². The van der Waals surface area contributed by atoms with Gasteiger partial charge < -0.3 is 9.15 Å². The zero-order valence-electron chi connectivity index (χ0n) is 12.7. The summed E-state index contributed by atoms with van der Waals surface area (Å²) in [4.78, 5) is 8.99. The molecule has 0 spiro atoms. The van der Waals surface area contributed by atoms with E-state index < -0.39 is 0 Å². The first-order valence-corrected chi connectivity index (χ1v) is 6.97. The molecule has 0 aliphatic heterocycles. The van der Waals surface area contributed by atoms with Gasteiger partial charge in [-0.2, -0.15) is 4.98 Å². The molecule has 2 aromatic heterocycles. The first-order chi connectivity index (χ1) is 10.1. The Morgan fingerprint density at radius 3 is 2.48 bits per heavy atom. The predicted octanol–water partition coefficient (Wildman–Crippen LogP) is 4.00. The summed E-state index contributed by atoms with van der Waals surface area (Å²) >= 11 is 0. The SMILES string of the molecule is COc1ccc(C(C)c2nc(C)nc3oc(C)cc23)cc1. The highest BCUT2D eigenvalue weighted by Gasteiger charge is 2.17. The van der Waals surface area contributed by atoms with Gasteiger partial charge in [0.2, 0.25) is 5.71 Å². The molecule has 0 bridgehead atoms. The number of fused-ring (bicyclic) bond motifs is 1. The van der Waals surface area contributed by atoms with Gasteiger partial charge in [0.15, 0.2) is 0 Å². The molecule has 108 valence electrons. The van der Waals surface area contributed by atoms with Crippen molar-refractivity contribution in [2.24, 2.45) is 0 Å². The van der Waals surface area contributed by atoms with E-state index in [2.05, 4.69) is 29.0 Å². The third-order valence-corrected chi connectivity index (χ3v) is 3.68. The van der Waals surface area contributed by atoms with Crippen molar-refractivity contribution < 1.29 is 9.15 Å². The van der Waals surface area contributed by atoms with Crippen molar-refractivity contribution in [1.29, 1.82) is 0 Å². The number of hydrogen-bond acceptors (Lipinski definition) is 4. The number of benzene rings is 1. The molecular formula is C17H18N2O2. The van der Waals surface area contributed by atoms with E-state index >= 15 is 0 Å². The van der Waals surface area contributed by atoms with E-state index in [0.717, 1.165) is 28.4 Å². The zero-order valence-corrected chi connectivity index (χ0v) is 12.7. The maximum Gasteiger partial charge on any atom is 0.229 e. The van der Waals surface area contributed by atoms with Gasteiger partial charge in [0.1, 0.15) is 17.3 Å². The molecule has 2 heterocycles. The Kier molecular flexibility index (Phi) is 3.37. The highest BCUT2D eigenvalue weighted by Crippen LogP contribution is 2.30. The Labute approximate surface area is 123 Å². The van der Waals surface area contributed by atoms with E-state index in [4.69, 9.17) is 9.15 Å². The van der Waals surface area contributed by atoms with E-state index in [1.165, 1.54) is 5.56 Å². The molecule has 3 aromatic rings. The highest BCUT2D eigenvalue weighted by molar-refractivity contribution is 5.78. The number of methoxy groups -OCH3 is 1. The predicted molar refractivity (Wildman–Crippen MR) is 81.8 cm³/mol. The summed E-state index contributed by atoms with van der Waals surface area (Å²) in [5, 5.41) is 0.987. The molecular weight excluding hydrogens is 264 g/mol. The van der Waals surface area contributed by atoms with Crippen molar-refractivity contribution in [2.45, 2.75) is 26.7 Å². The van der Waals surface area contributed by atoms with Crippen LogP contribution in [0.25, 0.3) is 11.1 Å². The monoisotopic (exact) mass is 282 g/mol. The Morgan fingerprint density at radius 1 is 1.10 bits per heavy atom. The summed E-state index contributed by atoms with van der Waals surface area (Å²) in [6.45, 7) is 5.96. The molecule has 0 amide bonds. The summed E-state index contributed by atoms with van der Waals surface area (Å²) in [6.07, 6.45) is 0. The van der Waals surface area contributed by atoms with E-state index in [-0.39, 0.29) is 5.92 Å². The lowest BCUT2D eigenvalue weighted by Gasteiger charge is -2.13. The summed E-state index contributed by atoms with van der Waals surface area (Å²) in [5.41, 5.74) is 2.85. The Balaban J connectivity index is 2.09. The van der Waals surface area contributed by atoms with Crippen molar-refractivity contribution in [1.82, 2.24) is 9.97 Å². The van der Waals surface area contributed by atoms with Crippen LogP contribution in [0.2, 0.25) is 0 Å². The number of hydrogen-bond donors (Lipinski definition) is 0. The Bertz CT molecular complexity index is 775. The minimum atomic E-state index is 0.164. The van der Waals surface area contributed by atoms with Gasteiger partial charge in [0.05, 0.1) is 18.2 Å². The lowest BCUT2D eigenvalue weighted by atomic mass is 9.95. The first kappa shape index (κ1) is 13.6. The topological polar surface area (TPSA) is 48.2 Å². The van der Waals surface area contributed by atoms with Crippen LogP contribution in [0, 0.1) is 13.8 Å². The van der Waals surface area contributed by atoms with Gasteiger partial charge in [0, 0.05) is 5.92 Å². The van der Waals surface area contributed by atoms with Gasteiger partial charge >= 0.3 is 0 Å². The van der Waals surface area contributed by atoms with Gasteiger partial charge in [0.25, 0.3) is 0 Å². The van der Waals surface area contributed by atoms with Crippen LogP contribution in [0.3, 0.4) is 0 Å². The van der Waals surface area contributed by atoms with Crippen LogP contribution in [0.1, 0.15) is 35.7 Å². The van der Waals surface area contributed by atoms with Crippen molar-refractivity contribution >= 4 is 11.1 Å². The first-order valence-electron chi connectivity index (χ1n) is 6.97. The van der Waals surface area contributed by atoms with Gasteiger partial charge in [-0.3, -0.25) is 0 Å². The van der Waals surface area contributed by atoms with Crippen LogP contribution in [0.15, 0.2) is 34.7 Å². The van der Waals surface area contributed by atoms with Crippen molar-refractivity contribution in [3.63, 3.8) is 0 Å². The van der Waals surface area contributed by atoms with Crippen LogP contribution in [0.4, 0.5) is 0 Å². The van der Waals surface area contributed by atoms with Crippen LogP contribution in [-0.2, 0) is 0 Å². The van der Waals surface area contributed by atoms with Gasteiger partial charge in [-0.1, -0.05) is 19.1 Å². The fourth-order valence-electron chi connectivity index (χ4n) is 2.56. The minimum Gasteiger partial charge on any atom is -0.497 e. The van der Waals surface area contributed by atoms with E-state index in [9.17, 15) is 0 Å². The molecule has 0 aliphatic rings. The minimum absolute atomic E-state index is 0.164. The molecule has 4 nitrogen and oxygen atoms in total. The quantitative estimate of drug-likeness (QED) is 0.728. The smallest absolute Gasteiger partial charge is 0.229 e. The number of aryl methyl sites for hydroxylation is 2. The fraction of sp³-hybridized carbons (Fsp3) is 0.294. The molecule has 3 rings (SSSR count). The summed E-state index contributed by atoms with van der Waals surface area (Å²) in [7, 11) is 1.67. The fourth-order valence-corrected chi connectivity index (χ4v) is 2.56. The van der Waals surface area contributed by atoms with Crippen LogP contribution < -0.4 is 4.74 Å². The number of furan rings is 1. The summed E-state index contributed by atoms with van der Waals surface area (Å²) in [6, 6.07) is 10.1. The molecule has 1 aromatic carbocycles. The molecule has 4 heteroatoms. The highest BCUT2D eigenvalue weighted by atomic mass is 16.5. The number of nitrogens with zero attached hydrogens (tertiary/aromatic N) is 2. The van der Waals surface area contributed by atoms with Crippen LogP contribution in [-0.4, -0.2) is 17.1 Å². The molecule has 0 aliphatic carbocycles. The molecule has 0 saturated carbocycles. The molecule has 0 fully saturated rings. The molecule has 21 heavy (non-hydrogen) atoms. The second-order valence-electron chi connectivity index (χ2n) is 5.23. The molecule has 0 N–H and O–H groups in total. The second kappa shape index (κ2) is 5.20. The molecule has 1 unspecified atom stereocenters. The average molecular weight is 282 g/mol. The number of aromatic nitrogens is 2.